The third kappa shape index (κ3) is 3.90. The highest BCUT2D eigenvalue weighted by molar-refractivity contribution is 5.78. The molecule has 1 aromatic carbocycles. The second-order valence-corrected chi connectivity index (χ2v) is 12.7. The zero-order valence-electron chi connectivity index (χ0n) is 22.2. The van der Waals surface area contributed by atoms with Gasteiger partial charge in [-0.3, -0.25) is 4.98 Å². The van der Waals surface area contributed by atoms with E-state index < -0.39 is 0 Å². The van der Waals surface area contributed by atoms with Gasteiger partial charge in [-0.15, -0.1) is 0 Å². The van der Waals surface area contributed by atoms with Crippen molar-refractivity contribution in [3.63, 3.8) is 0 Å². The van der Waals surface area contributed by atoms with Crippen LogP contribution in [-0.4, -0.2) is 4.98 Å². The number of pyridine rings is 1. The number of nitrogens with zero attached hydrogens (tertiary/aromatic N) is 1. The number of rotatable bonds is 3. The average molecular weight is 454 g/mol. The van der Waals surface area contributed by atoms with Crippen LogP contribution in [0.1, 0.15) is 125 Å². The Morgan fingerprint density at radius 3 is 2.09 bits per heavy atom. The lowest BCUT2D eigenvalue weighted by molar-refractivity contribution is 0.321. The summed E-state index contributed by atoms with van der Waals surface area (Å²) in [6, 6.07) is 9.84. The van der Waals surface area contributed by atoms with Crippen molar-refractivity contribution in [2.45, 2.75) is 115 Å². The van der Waals surface area contributed by atoms with E-state index in [9.17, 15) is 0 Å². The zero-order valence-corrected chi connectivity index (χ0v) is 22.2. The van der Waals surface area contributed by atoms with Crippen molar-refractivity contribution >= 4 is 5.57 Å². The van der Waals surface area contributed by atoms with Crippen molar-refractivity contribution in [3.8, 4) is 0 Å². The van der Waals surface area contributed by atoms with Gasteiger partial charge in [0.15, 0.2) is 0 Å². The van der Waals surface area contributed by atoms with Gasteiger partial charge in [0, 0.05) is 11.6 Å². The van der Waals surface area contributed by atoms with Crippen molar-refractivity contribution in [2.75, 3.05) is 0 Å². The second-order valence-electron chi connectivity index (χ2n) is 12.7. The van der Waals surface area contributed by atoms with Crippen LogP contribution in [0.2, 0.25) is 0 Å². The van der Waals surface area contributed by atoms with Crippen LogP contribution < -0.4 is 0 Å². The average Bonchev–Trinajstić information content (AvgIpc) is 2.83. The van der Waals surface area contributed by atoms with Crippen molar-refractivity contribution < 1.29 is 0 Å². The molecule has 1 aromatic heterocycles. The van der Waals surface area contributed by atoms with Gasteiger partial charge in [-0.05, 0) is 108 Å². The molecule has 180 valence electrons. The van der Waals surface area contributed by atoms with E-state index in [1.807, 2.05) is 0 Å². The largest absolute Gasteiger partial charge is 0.260 e. The van der Waals surface area contributed by atoms with E-state index in [4.69, 9.17) is 4.98 Å². The summed E-state index contributed by atoms with van der Waals surface area (Å²) >= 11 is 0. The van der Waals surface area contributed by atoms with E-state index in [1.165, 1.54) is 79.3 Å². The van der Waals surface area contributed by atoms with Crippen LogP contribution in [-0.2, 0) is 16.2 Å². The molecule has 0 saturated heterocycles. The first kappa shape index (κ1) is 23.6. The number of aromatic nitrogens is 1. The van der Waals surface area contributed by atoms with Crippen molar-refractivity contribution in [2.24, 2.45) is 0 Å². The zero-order chi connectivity index (χ0) is 24.1. The Morgan fingerprint density at radius 1 is 0.794 bits per heavy atom. The molecule has 0 atom stereocenters. The normalized spacial score (nSPS) is 23.2. The first-order valence-electron chi connectivity index (χ1n) is 13.7. The molecule has 1 heteroatoms. The summed E-state index contributed by atoms with van der Waals surface area (Å²) in [5, 5.41) is 0. The maximum atomic E-state index is 5.20. The van der Waals surface area contributed by atoms with Gasteiger partial charge in [0.25, 0.3) is 0 Å². The molecule has 0 unspecified atom stereocenters. The van der Waals surface area contributed by atoms with Crippen molar-refractivity contribution in [1.82, 2.24) is 4.98 Å². The molecule has 1 nitrogen and oxygen atoms in total. The Hall–Kier alpha value is -2.15. The Bertz CT molecular complexity index is 1120. The van der Waals surface area contributed by atoms with E-state index in [1.54, 1.807) is 16.7 Å². The minimum atomic E-state index is 0.0333. The summed E-state index contributed by atoms with van der Waals surface area (Å²) in [6.45, 7) is 16.5. The quantitative estimate of drug-likeness (QED) is 0.451. The highest BCUT2D eigenvalue weighted by atomic mass is 14.7. The molecule has 3 aliphatic rings. The summed E-state index contributed by atoms with van der Waals surface area (Å²) < 4.78 is 0. The fraction of sp³-hybridized carbons (Fsp3) is 0.545. The smallest absolute Gasteiger partial charge is 0.0509 e. The van der Waals surface area contributed by atoms with Gasteiger partial charge in [0.05, 0.1) is 5.69 Å². The van der Waals surface area contributed by atoms with Crippen LogP contribution in [0.3, 0.4) is 0 Å². The minimum absolute atomic E-state index is 0.0333. The lowest BCUT2D eigenvalue weighted by Crippen LogP contribution is -2.37. The van der Waals surface area contributed by atoms with E-state index in [2.05, 4.69) is 77.7 Å². The van der Waals surface area contributed by atoms with E-state index in [0.29, 0.717) is 0 Å². The first-order valence-corrected chi connectivity index (χ1v) is 13.7. The standard InChI is InChI=1S/C33H43N/c1-23-12-8-9-13-26(23)25-14-15-30(34-22-25)33(16-10-7-11-17-33)27-21-29-28(20-24(27)2)31(3,4)18-19-32(29,5)6/h13-15,20-22H,1,7-12,16-19H2,2-6H3. The molecule has 0 radical (unpaired) electrons. The molecule has 1 fully saturated rings. The number of fused-ring (bicyclic) bond motifs is 1. The Labute approximate surface area is 207 Å². The molecule has 3 aliphatic carbocycles. The van der Waals surface area contributed by atoms with Gasteiger partial charge in [-0.1, -0.05) is 77.8 Å². The summed E-state index contributed by atoms with van der Waals surface area (Å²) in [7, 11) is 0. The van der Waals surface area contributed by atoms with E-state index >= 15 is 0 Å². The van der Waals surface area contributed by atoms with Gasteiger partial charge in [-0.25, -0.2) is 0 Å². The molecule has 2 aromatic rings. The number of allylic oxidation sites excluding steroid dienone is 3. The molecule has 0 spiro atoms. The van der Waals surface area contributed by atoms with Gasteiger partial charge in [0.2, 0.25) is 0 Å². The van der Waals surface area contributed by atoms with Crippen LogP contribution in [0.5, 0.6) is 0 Å². The maximum Gasteiger partial charge on any atom is 0.0509 e. The van der Waals surface area contributed by atoms with Crippen LogP contribution in [0.25, 0.3) is 5.57 Å². The highest BCUT2D eigenvalue weighted by Crippen LogP contribution is 2.51. The number of benzene rings is 1. The number of hydrogen-bond acceptors (Lipinski definition) is 1. The number of hydrogen-bond donors (Lipinski definition) is 0. The molecule has 0 aliphatic heterocycles. The van der Waals surface area contributed by atoms with Crippen molar-refractivity contribution in [1.29, 1.82) is 0 Å². The predicted molar refractivity (Wildman–Crippen MR) is 146 cm³/mol. The molecule has 0 N–H and O–H groups in total. The molecular weight excluding hydrogens is 410 g/mol. The summed E-state index contributed by atoms with van der Waals surface area (Å²) in [5.41, 5.74) is 11.8. The summed E-state index contributed by atoms with van der Waals surface area (Å²) in [6.07, 6.45) is 16.8. The molecule has 5 rings (SSSR count). The van der Waals surface area contributed by atoms with Crippen LogP contribution >= 0.6 is 0 Å². The van der Waals surface area contributed by atoms with E-state index in [-0.39, 0.29) is 16.2 Å². The Balaban J connectivity index is 1.63. The van der Waals surface area contributed by atoms with Crippen LogP contribution in [0.15, 0.2) is 48.7 Å². The predicted octanol–water partition coefficient (Wildman–Crippen LogP) is 9.11. The maximum absolute atomic E-state index is 5.20. The monoisotopic (exact) mass is 453 g/mol. The number of aryl methyl sites for hydroxylation is 1. The first-order chi connectivity index (χ1) is 16.1. The van der Waals surface area contributed by atoms with Crippen LogP contribution in [0, 0.1) is 6.92 Å². The van der Waals surface area contributed by atoms with Crippen molar-refractivity contribution in [3.05, 3.63) is 82.2 Å². The SMILES string of the molecule is C=C1CCCC=C1c1ccc(C2(c3cc4c(cc3C)C(C)(C)CCC4(C)C)CCCCC2)nc1. The van der Waals surface area contributed by atoms with Gasteiger partial charge in [0.1, 0.15) is 0 Å². The topological polar surface area (TPSA) is 12.9 Å². The van der Waals surface area contributed by atoms with Crippen LogP contribution in [0.4, 0.5) is 0 Å². The van der Waals surface area contributed by atoms with E-state index in [0.717, 1.165) is 12.8 Å². The molecule has 0 bridgehead atoms. The fourth-order valence-electron chi connectivity index (χ4n) is 7.06. The third-order valence-corrected chi connectivity index (χ3v) is 9.40. The minimum Gasteiger partial charge on any atom is -0.260 e. The molecule has 1 saturated carbocycles. The lowest BCUT2D eigenvalue weighted by Gasteiger charge is -2.45. The third-order valence-electron chi connectivity index (χ3n) is 9.40. The summed E-state index contributed by atoms with van der Waals surface area (Å²) in [4.78, 5) is 5.20. The van der Waals surface area contributed by atoms with Gasteiger partial charge >= 0.3 is 0 Å². The second kappa shape index (κ2) is 8.51. The molecular formula is C33H43N. The Morgan fingerprint density at radius 2 is 1.47 bits per heavy atom. The summed E-state index contributed by atoms with van der Waals surface area (Å²) in [5.74, 6) is 0. The molecule has 0 amide bonds. The van der Waals surface area contributed by atoms with Gasteiger partial charge < -0.3 is 0 Å². The fourth-order valence-corrected chi connectivity index (χ4v) is 7.06. The highest BCUT2D eigenvalue weighted by Gasteiger charge is 2.42. The lowest BCUT2D eigenvalue weighted by atomic mass is 9.59. The molecule has 34 heavy (non-hydrogen) atoms. The Kier molecular flexibility index (Phi) is 5.90. The molecule has 1 heterocycles. The van der Waals surface area contributed by atoms with Gasteiger partial charge in [-0.2, -0.15) is 0 Å².